The molecule has 1 aliphatic rings. The Hall–Kier alpha value is -1.34. The fourth-order valence-corrected chi connectivity index (χ4v) is 2.66. The van der Waals surface area contributed by atoms with Crippen molar-refractivity contribution in [3.8, 4) is 0 Å². The van der Waals surface area contributed by atoms with Crippen LogP contribution in [0.15, 0.2) is 18.2 Å². The van der Waals surface area contributed by atoms with Crippen molar-refractivity contribution in [2.75, 3.05) is 19.6 Å². The lowest BCUT2D eigenvalue weighted by Gasteiger charge is -2.39. The number of aliphatic hydroxyl groups is 2. The molecule has 6 nitrogen and oxygen atoms in total. The van der Waals surface area contributed by atoms with E-state index in [9.17, 15) is 19.8 Å². The molecule has 1 aromatic carbocycles. The van der Waals surface area contributed by atoms with Crippen LogP contribution in [0.3, 0.4) is 0 Å². The number of carbonyl (C=O) groups is 2. The van der Waals surface area contributed by atoms with Gasteiger partial charge in [0, 0.05) is 18.1 Å². The number of amides is 2. The third kappa shape index (κ3) is 4.35. The van der Waals surface area contributed by atoms with Gasteiger partial charge in [0.05, 0.1) is 28.8 Å². The maximum atomic E-state index is 12.1. The number of piperidine rings is 1. The normalized spacial score (nSPS) is 24.4. The lowest BCUT2D eigenvalue weighted by Crippen LogP contribution is -2.56. The second-order valence-electron chi connectivity index (χ2n) is 5.77. The van der Waals surface area contributed by atoms with Gasteiger partial charge in [-0.25, -0.2) is 0 Å². The van der Waals surface area contributed by atoms with E-state index >= 15 is 0 Å². The SMILES string of the molecule is C[C@@]1(O)CCN(C(=O)CNC(=O)c2cc(Cl)ccc2Cl)C[C@@H]1O. The Kier molecular flexibility index (Phi) is 5.52. The molecule has 3 N–H and O–H groups in total. The molecule has 0 spiro atoms. The zero-order valence-electron chi connectivity index (χ0n) is 12.6. The van der Waals surface area contributed by atoms with Gasteiger partial charge >= 0.3 is 0 Å². The molecule has 8 heteroatoms. The highest BCUT2D eigenvalue weighted by atomic mass is 35.5. The first-order chi connectivity index (χ1) is 10.7. The molecule has 0 aromatic heterocycles. The van der Waals surface area contributed by atoms with Gasteiger partial charge in [-0.3, -0.25) is 9.59 Å². The number of halogens is 2. The fourth-order valence-electron chi connectivity index (χ4n) is 2.29. The molecule has 0 bridgehead atoms. The number of β-amino-alcohol motifs (C(OH)–C–C–N with tert-alkyl or cyclic N) is 1. The molecule has 2 amide bonds. The molecule has 0 aliphatic carbocycles. The van der Waals surface area contributed by atoms with Crippen molar-refractivity contribution in [2.24, 2.45) is 0 Å². The van der Waals surface area contributed by atoms with Crippen molar-refractivity contribution in [3.63, 3.8) is 0 Å². The van der Waals surface area contributed by atoms with E-state index in [0.717, 1.165) is 0 Å². The molecule has 23 heavy (non-hydrogen) atoms. The molecular formula is C15H18Cl2N2O4. The van der Waals surface area contributed by atoms with Crippen LogP contribution in [0.4, 0.5) is 0 Å². The zero-order chi connectivity index (χ0) is 17.2. The molecule has 2 atom stereocenters. The largest absolute Gasteiger partial charge is 0.388 e. The van der Waals surface area contributed by atoms with Crippen LogP contribution in [0.25, 0.3) is 0 Å². The molecule has 1 saturated heterocycles. The van der Waals surface area contributed by atoms with Gasteiger partial charge in [-0.2, -0.15) is 0 Å². The van der Waals surface area contributed by atoms with Crippen molar-refractivity contribution in [3.05, 3.63) is 33.8 Å². The standard InChI is InChI=1S/C15H18Cl2N2O4/c1-15(23)4-5-19(8-12(15)20)13(21)7-18-14(22)10-6-9(16)2-3-11(10)17/h2-3,6,12,20,23H,4-5,7-8H2,1H3,(H,18,22)/t12-,15+/m0/s1. The summed E-state index contributed by atoms with van der Waals surface area (Å²) in [6.45, 7) is 1.65. The molecular weight excluding hydrogens is 343 g/mol. The van der Waals surface area contributed by atoms with E-state index < -0.39 is 17.6 Å². The van der Waals surface area contributed by atoms with E-state index in [4.69, 9.17) is 23.2 Å². The Balaban J connectivity index is 1.92. The van der Waals surface area contributed by atoms with Crippen molar-refractivity contribution in [2.45, 2.75) is 25.0 Å². The second-order valence-corrected chi connectivity index (χ2v) is 6.61. The van der Waals surface area contributed by atoms with Crippen molar-refractivity contribution < 1.29 is 19.8 Å². The fraction of sp³-hybridized carbons (Fsp3) is 0.467. The van der Waals surface area contributed by atoms with Gasteiger partial charge in [-0.15, -0.1) is 0 Å². The molecule has 0 saturated carbocycles. The average Bonchev–Trinajstić information content (AvgIpc) is 2.49. The topological polar surface area (TPSA) is 89.9 Å². The average molecular weight is 361 g/mol. The summed E-state index contributed by atoms with van der Waals surface area (Å²) >= 11 is 11.8. The van der Waals surface area contributed by atoms with E-state index in [1.54, 1.807) is 6.07 Å². The Morgan fingerprint density at radius 2 is 2.13 bits per heavy atom. The predicted molar refractivity (Wildman–Crippen MR) is 86.6 cm³/mol. The van der Waals surface area contributed by atoms with Crippen LogP contribution in [0.2, 0.25) is 10.0 Å². The number of hydrogen-bond donors (Lipinski definition) is 3. The summed E-state index contributed by atoms with van der Waals surface area (Å²) < 4.78 is 0. The third-order valence-electron chi connectivity index (χ3n) is 3.92. The molecule has 1 heterocycles. The van der Waals surface area contributed by atoms with E-state index in [2.05, 4.69) is 5.32 Å². The molecule has 0 unspecified atom stereocenters. The first-order valence-corrected chi connectivity index (χ1v) is 7.88. The highest BCUT2D eigenvalue weighted by Gasteiger charge is 2.37. The Morgan fingerprint density at radius 3 is 2.78 bits per heavy atom. The number of aliphatic hydroxyl groups excluding tert-OH is 1. The van der Waals surface area contributed by atoms with E-state index in [-0.39, 0.29) is 36.0 Å². The lowest BCUT2D eigenvalue weighted by molar-refractivity contribution is -0.145. The minimum atomic E-state index is -1.20. The smallest absolute Gasteiger partial charge is 0.253 e. The first-order valence-electron chi connectivity index (χ1n) is 7.12. The Labute approximate surface area is 144 Å². The van der Waals surface area contributed by atoms with Crippen molar-refractivity contribution in [1.82, 2.24) is 10.2 Å². The van der Waals surface area contributed by atoms with Gasteiger partial charge in [0.2, 0.25) is 5.91 Å². The van der Waals surface area contributed by atoms with Gasteiger partial charge < -0.3 is 20.4 Å². The van der Waals surface area contributed by atoms with Crippen molar-refractivity contribution in [1.29, 1.82) is 0 Å². The van der Waals surface area contributed by atoms with Gasteiger partial charge in [0.15, 0.2) is 0 Å². The first kappa shape index (κ1) is 18.0. The number of hydrogen-bond acceptors (Lipinski definition) is 4. The lowest BCUT2D eigenvalue weighted by atomic mass is 9.91. The van der Waals surface area contributed by atoms with Crippen molar-refractivity contribution >= 4 is 35.0 Å². The van der Waals surface area contributed by atoms with Crippen LogP contribution in [-0.4, -0.2) is 58.3 Å². The quantitative estimate of drug-likeness (QED) is 0.751. The van der Waals surface area contributed by atoms with E-state index in [0.29, 0.717) is 11.6 Å². The van der Waals surface area contributed by atoms with E-state index in [1.165, 1.54) is 24.0 Å². The van der Waals surface area contributed by atoms with Crippen LogP contribution >= 0.6 is 23.2 Å². The number of carbonyl (C=O) groups excluding carboxylic acids is 2. The van der Waals surface area contributed by atoms with Gasteiger partial charge in [-0.1, -0.05) is 23.2 Å². The van der Waals surface area contributed by atoms with Gasteiger partial charge in [-0.05, 0) is 31.5 Å². The maximum absolute atomic E-state index is 12.1. The highest BCUT2D eigenvalue weighted by Crippen LogP contribution is 2.22. The molecule has 0 radical (unpaired) electrons. The summed E-state index contributed by atoms with van der Waals surface area (Å²) in [7, 11) is 0. The maximum Gasteiger partial charge on any atom is 0.253 e. The summed E-state index contributed by atoms with van der Waals surface area (Å²) in [4.78, 5) is 25.6. The summed E-state index contributed by atoms with van der Waals surface area (Å²) in [6, 6.07) is 4.49. The number of likely N-dealkylation sites (tertiary alicyclic amines) is 1. The van der Waals surface area contributed by atoms with E-state index in [1.807, 2.05) is 0 Å². The van der Waals surface area contributed by atoms with Crippen LogP contribution in [-0.2, 0) is 4.79 Å². The Bertz CT molecular complexity index is 621. The minimum Gasteiger partial charge on any atom is -0.388 e. The number of nitrogens with one attached hydrogen (secondary N) is 1. The molecule has 2 rings (SSSR count). The summed E-state index contributed by atoms with van der Waals surface area (Å²) in [5.74, 6) is -0.846. The van der Waals surface area contributed by atoms with Crippen LogP contribution < -0.4 is 5.32 Å². The van der Waals surface area contributed by atoms with Crippen LogP contribution in [0, 0.1) is 0 Å². The predicted octanol–water partition coefficient (Wildman–Crippen LogP) is 1.07. The summed E-state index contributed by atoms with van der Waals surface area (Å²) in [5.41, 5.74) is -1.01. The monoisotopic (exact) mass is 360 g/mol. The number of nitrogens with zero attached hydrogens (tertiary/aromatic N) is 1. The van der Waals surface area contributed by atoms with Gasteiger partial charge in [0.1, 0.15) is 0 Å². The molecule has 126 valence electrons. The third-order valence-corrected chi connectivity index (χ3v) is 4.49. The minimum absolute atomic E-state index is 0.0274. The Morgan fingerprint density at radius 1 is 1.43 bits per heavy atom. The second kappa shape index (κ2) is 7.05. The number of benzene rings is 1. The number of rotatable bonds is 3. The molecule has 1 fully saturated rings. The summed E-state index contributed by atoms with van der Waals surface area (Å²) in [5, 5.41) is 22.8. The van der Waals surface area contributed by atoms with Gasteiger partial charge in [0.25, 0.3) is 5.91 Å². The van der Waals surface area contributed by atoms with Crippen LogP contribution in [0.5, 0.6) is 0 Å². The van der Waals surface area contributed by atoms with Crippen LogP contribution in [0.1, 0.15) is 23.7 Å². The zero-order valence-corrected chi connectivity index (χ0v) is 14.1. The summed E-state index contributed by atoms with van der Waals surface area (Å²) in [6.07, 6.45) is -0.744. The highest BCUT2D eigenvalue weighted by molar-refractivity contribution is 6.35. The molecule has 1 aromatic rings. The molecule has 1 aliphatic heterocycles.